The number of morpholine rings is 1. The number of amides is 2. The van der Waals surface area contributed by atoms with Crippen molar-refractivity contribution in [2.75, 3.05) is 75.8 Å². The van der Waals surface area contributed by atoms with E-state index in [1.165, 1.54) is 0 Å². The third kappa shape index (κ3) is 4.51. The van der Waals surface area contributed by atoms with Crippen LogP contribution < -0.4 is 16.0 Å². The average Bonchev–Trinajstić information content (AvgIpc) is 2.69. The van der Waals surface area contributed by atoms with Crippen LogP contribution in [0.25, 0.3) is 0 Å². The first-order chi connectivity index (χ1) is 12.7. The van der Waals surface area contributed by atoms with Crippen molar-refractivity contribution in [3.63, 3.8) is 0 Å². The fourth-order valence-corrected chi connectivity index (χ4v) is 3.34. The second-order valence-corrected chi connectivity index (χ2v) is 6.49. The summed E-state index contributed by atoms with van der Waals surface area (Å²) in [7, 11) is 0. The fraction of sp³-hybridized carbons (Fsp3) is 0.556. The van der Waals surface area contributed by atoms with Crippen molar-refractivity contribution in [3.05, 3.63) is 24.3 Å². The Morgan fingerprint density at radius 2 is 1.73 bits per heavy atom. The molecule has 0 unspecified atom stereocenters. The van der Waals surface area contributed by atoms with E-state index in [4.69, 9.17) is 10.5 Å². The number of ether oxygens (including phenoxy) is 1. The Kier molecular flexibility index (Phi) is 6.43. The number of nitrogens with zero attached hydrogens (tertiary/aromatic N) is 3. The molecule has 3 rings (SSSR count). The zero-order valence-corrected chi connectivity index (χ0v) is 15.0. The van der Waals surface area contributed by atoms with Crippen LogP contribution in [0.5, 0.6) is 0 Å². The first-order valence-corrected chi connectivity index (χ1v) is 9.13. The van der Waals surface area contributed by atoms with E-state index in [0.29, 0.717) is 38.5 Å². The number of benzene rings is 1. The van der Waals surface area contributed by atoms with Crippen molar-refractivity contribution in [1.29, 1.82) is 0 Å². The number of hydrogen-bond donors (Lipinski definition) is 2. The summed E-state index contributed by atoms with van der Waals surface area (Å²) < 4.78 is 5.38. The minimum absolute atomic E-state index is 0.478. The van der Waals surface area contributed by atoms with Crippen molar-refractivity contribution in [3.8, 4) is 0 Å². The van der Waals surface area contributed by atoms with Gasteiger partial charge in [-0.25, -0.2) is 0 Å². The highest BCUT2D eigenvalue weighted by Crippen LogP contribution is 2.26. The smallest absolute Gasteiger partial charge is 0.313 e. The number of hydrogen-bond acceptors (Lipinski definition) is 6. The Bertz CT molecular complexity index is 625. The maximum Gasteiger partial charge on any atom is 0.313 e. The molecule has 3 N–H and O–H groups in total. The topological polar surface area (TPSA) is 91.1 Å². The van der Waals surface area contributed by atoms with E-state index in [0.717, 1.165) is 38.4 Å². The van der Waals surface area contributed by atoms with Gasteiger partial charge in [0.05, 0.1) is 24.6 Å². The summed E-state index contributed by atoms with van der Waals surface area (Å²) in [4.78, 5) is 30.9. The molecule has 8 heteroatoms. The molecule has 0 saturated carbocycles. The summed E-state index contributed by atoms with van der Waals surface area (Å²) in [5, 5.41) is 2.80. The van der Waals surface area contributed by atoms with Gasteiger partial charge in [-0.15, -0.1) is 0 Å². The molecular formula is C18H27N5O3. The Morgan fingerprint density at radius 1 is 1.04 bits per heavy atom. The number of carbonyl (C=O) groups excluding carboxylic acids is 2. The van der Waals surface area contributed by atoms with Crippen LogP contribution in [0.2, 0.25) is 0 Å². The zero-order chi connectivity index (χ0) is 18.4. The van der Waals surface area contributed by atoms with Gasteiger partial charge >= 0.3 is 11.8 Å². The van der Waals surface area contributed by atoms with Gasteiger partial charge in [-0.05, 0) is 12.1 Å². The first-order valence-electron chi connectivity index (χ1n) is 9.13. The van der Waals surface area contributed by atoms with Crippen LogP contribution in [0.15, 0.2) is 24.3 Å². The second kappa shape index (κ2) is 8.98. The molecule has 142 valence electrons. The van der Waals surface area contributed by atoms with Crippen LogP contribution in [0.1, 0.15) is 0 Å². The monoisotopic (exact) mass is 361 g/mol. The summed E-state index contributed by atoms with van der Waals surface area (Å²) in [5.74, 6) is -1.06. The number of rotatable bonds is 4. The van der Waals surface area contributed by atoms with Gasteiger partial charge in [-0.3, -0.25) is 14.5 Å². The van der Waals surface area contributed by atoms with E-state index in [9.17, 15) is 9.59 Å². The molecule has 2 amide bonds. The van der Waals surface area contributed by atoms with E-state index in [1.54, 1.807) is 4.90 Å². The molecule has 26 heavy (non-hydrogen) atoms. The molecule has 2 fully saturated rings. The van der Waals surface area contributed by atoms with E-state index < -0.39 is 11.8 Å². The van der Waals surface area contributed by atoms with Gasteiger partial charge in [0.15, 0.2) is 0 Å². The van der Waals surface area contributed by atoms with Crippen molar-refractivity contribution in [1.82, 2.24) is 9.80 Å². The summed E-state index contributed by atoms with van der Waals surface area (Å²) in [6.45, 7) is 6.89. The maximum absolute atomic E-state index is 12.5. The summed E-state index contributed by atoms with van der Waals surface area (Å²) in [6, 6.07) is 7.57. The maximum atomic E-state index is 12.5. The van der Waals surface area contributed by atoms with Crippen LogP contribution in [0.3, 0.4) is 0 Å². The normalized spacial score (nSPS) is 18.7. The molecule has 0 bridgehead atoms. The fourth-order valence-electron chi connectivity index (χ4n) is 3.34. The predicted octanol–water partition coefficient (Wildman–Crippen LogP) is -0.435. The molecule has 0 spiro atoms. The highest BCUT2D eigenvalue weighted by atomic mass is 16.5. The largest absolute Gasteiger partial charge is 0.378 e. The molecule has 0 radical (unpaired) electrons. The van der Waals surface area contributed by atoms with Crippen molar-refractivity contribution in [2.24, 2.45) is 5.73 Å². The summed E-state index contributed by atoms with van der Waals surface area (Å²) in [6.07, 6.45) is 0. The molecule has 8 nitrogen and oxygen atoms in total. The number of carbonyl (C=O) groups is 2. The number of para-hydroxylation sites is 2. The first kappa shape index (κ1) is 18.6. The van der Waals surface area contributed by atoms with Crippen LogP contribution in [-0.4, -0.2) is 87.2 Å². The lowest BCUT2D eigenvalue weighted by atomic mass is 10.2. The molecule has 2 aliphatic rings. The van der Waals surface area contributed by atoms with E-state index in [1.807, 2.05) is 24.3 Å². The number of piperazine rings is 1. The van der Waals surface area contributed by atoms with Gasteiger partial charge in [0.1, 0.15) is 0 Å². The number of nitrogens with two attached hydrogens (primary N) is 1. The Labute approximate surface area is 153 Å². The van der Waals surface area contributed by atoms with Gasteiger partial charge in [-0.2, -0.15) is 0 Å². The Hall–Kier alpha value is -2.16. The average molecular weight is 361 g/mol. The quantitative estimate of drug-likeness (QED) is 0.707. The molecule has 2 saturated heterocycles. The van der Waals surface area contributed by atoms with E-state index in [-0.39, 0.29) is 0 Å². The van der Waals surface area contributed by atoms with Crippen LogP contribution in [0, 0.1) is 0 Å². The molecule has 1 aromatic carbocycles. The second-order valence-electron chi connectivity index (χ2n) is 6.49. The van der Waals surface area contributed by atoms with Gasteiger partial charge in [0, 0.05) is 52.4 Å². The third-order valence-electron chi connectivity index (χ3n) is 4.80. The third-order valence-corrected chi connectivity index (χ3v) is 4.80. The van der Waals surface area contributed by atoms with Gasteiger partial charge in [0.2, 0.25) is 0 Å². The highest BCUT2D eigenvalue weighted by Gasteiger charge is 2.26. The van der Waals surface area contributed by atoms with Crippen molar-refractivity contribution < 1.29 is 14.3 Å². The number of nitrogens with one attached hydrogen (secondary N) is 1. The SMILES string of the molecule is NCCN1CCN(C(=O)C(=O)Nc2ccccc2N2CCOCC2)CC1. The van der Waals surface area contributed by atoms with E-state index >= 15 is 0 Å². The lowest BCUT2D eigenvalue weighted by Crippen LogP contribution is -2.52. The molecular weight excluding hydrogens is 334 g/mol. The lowest BCUT2D eigenvalue weighted by Gasteiger charge is -2.34. The standard InChI is InChI=1S/C18H27N5O3/c19-5-6-21-7-9-23(10-8-21)18(25)17(24)20-15-3-1-2-4-16(15)22-11-13-26-14-12-22/h1-4H,5-14,19H2,(H,20,24). The minimum Gasteiger partial charge on any atom is -0.378 e. The van der Waals surface area contributed by atoms with Crippen molar-refractivity contribution in [2.45, 2.75) is 0 Å². The van der Waals surface area contributed by atoms with Gasteiger partial charge in [0.25, 0.3) is 0 Å². The Balaban J connectivity index is 1.60. The van der Waals surface area contributed by atoms with Crippen LogP contribution in [-0.2, 0) is 14.3 Å². The highest BCUT2D eigenvalue weighted by molar-refractivity contribution is 6.39. The molecule has 0 atom stereocenters. The molecule has 0 aliphatic carbocycles. The van der Waals surface area contributed by atoms with E-state index in [2.05, 4.69) is 15.1 Å². The van der Waals surface area contributed by atoms with Crippen LogP contribution >= 0.6 is 0 Å². The number of anilines is 2. The van der Waals surface area contributed by atoms with Crippen LogP contribution in [0.4, 0.5) is 11.4 Å². The molecule has 2 aliphatic heterocycles. The summed E-state index contributed by atoms with van der Waals surface area (Å²) in [5.41, 5.74) is 7.15. The van der Waals surface area contributed by atoms with Gasteiger partial charge < -0.3 is 25.6 Å². The van der Waals surface area contributed by atoms with Crippen molar-refractivity contribution >= 4 is 23.2 Å². The molecule has 2 heterocycles. The minimum atomic E-state index is -0.585. The predicted molar refractivity (Wildman–Crippen MR) is 100 cm³/mol. The zero-order valence-electron chi connectivity index (χ0n) is 15.0. The molecule has 1 aromatic rings. The summed E-state index contributed by atoms with van der Waals surface area (Å²) >= 11 is 0. The van der Waals surface area contributed by atoms with Gasteiger partial charge in [-0.1, -0.05) is 12.1 Å². The lowest BCUT2D eigenvalue weighted by molar-refractivity contribution is -0.144. The molecule has 0 aromatic heterocycles. The Morgan fingerprint density at radius 3 is 2.42 bits per heavy atom.